The molecular weight excluding hydrogens is 200 g/mol. The lowest BCUT2D eigenvalue weighted by Crippen LogP contribution is -2.27. The number of hydrogen-bond donors (Lipinski definition) is 2. The molecular formula is C8H12N4OS. The predicted molar refractivity (Wildman–Crippen MR) is 55.8 cm³/mol. The van der Waals surface area contributed by atoms with Crippen LogP contribution in [0.2, 0.25) is 0 Å². The van der Waals surface area contributed by atoms with Gasteiger partial charge in [0.1, 0.15) is 5.03 Å². The molecule has 1 unspecified atom stereocenters. The van der Waals surface area contributed by atoms with Crippen LogP contribution < -0.4 is 11.1 Å². The number of aromatic nitrogens is 2. The number of nitrogen functional groups attached to an aromatic ring is 1. The van der Waals surface area contributed by atoms with Gasteiger partial charge in [-0.3, -0.25) is 4.79 Å². The Morgan fingerprint density at radius 1 is 1.57 bits per heavy atom. The summed E-state index contributed by atoms with van der Waals surface area (Å²) in [5, 5.41) is 2.92. The van der Waals surface area contributed by atoms with E-state index in [1.165, 1.54) is 18.0 Å². The molecule has 0 bridgehead atoms. The largest absolute Gasteiger partial charge is 0.381 e. The fourth-order valence-corrected chi connectivity index (χ4v) is 1.71. The van der Waals surface area contributed by atoms with Gasteiger partial charge in [0.15, 0.2) is 5.82 Å². The minimum Gasteiger partial charge on any atom is -0.381 e. The van der Waals surface area contributed by atoms with Crippen LogP contribution in [0.5, 0.6) is 0 Å². The minimum atomic E-state index is -0.223. The van der Waals surface area contributed by atoms with Gasteiger partial charge < -0.3 is 11.1 Å². The molecule has 1 aromatic rings. The number of nitrogens with zero attached hydrogens (tertiary/aromatic N) is 2. The first-order chi connectivity index (χ1) is 6.65. The van der Waals surface area contributed by atoms with Gasteiger partial charge in [0, 0.05) is 19.4 Å². The molecule has 1 heterocycles. The van der Waals surface area contributed by atoms with E-state index in [0.717, 1.165) is 0 Å². The molecule has 1 atom stereocenters. The summed E-state index contributed by atoms with van der Waals surface area (Å²) in [4.78, 5) is 19.1. The van der Waals surface area contributed by atoms with Gasteiger partial charge in [-0.15, -0.1) is 0 Å². The van der Waals surface area contributed by atoms with E-state index in [2.05, 4.69) is 15.3 Å². The average molecular weight is 212 g/mol. The quantitative estimate of drug-likeness (QED) is 0.704. The molecule has 0 aromatic carbocycles. The van der Waals surface area contributed by atoms with Gasteiger partial charge >= 0.3 is 0 Å². The highest BCUT2D eigenvalue weighted by Gasteiger charge is 2.14. The topological polar surface area (TPSA) is 80.9 Å². The predicted octanol–water partition coefficient (Wildman–Crippen LogP) is 0.285. The normalized spacial score (nSPS) is 12.1. The maximum atomic E-state index is 11.2. The Morgan fingerprint density at radius 3 is 2.79 bits per heavy atom. The lowest BCUT2D eigenvalue weighted by Gasteiger charge is -2.09. The van der Waals surface area contributed by atoms with Crippen molar-refractivity contribution in [1.82, 2.24) is 15.3 Å². The molecule has 1 aromatic heterocycles. The lowest BCUT2D eigenvalue weighted by molar-refractivity contribution is -0.119. The second kappa shape index (κ2) is 4.80. The monoisotopic (exact) mass is 212 g/mol. The Balaban J connectivity index is 2.69. The van der Waals surface area contributed by atoms with E-state index in [4.69, 9.17) is 5.73 Å². The molecule has 76 valence electrons. The first-order valence-electron chi connectivity index (χ1n) is 4.10. The van der Waals surface area contributed by atoms with Crippen LogP contribution in [-0.2, 0) is 4.79 Å². The molecule has 0 saturated heterocycles. The van der Waals surface area contributed by atoms with Crippen molar-refractivity contribution >= 4 is 23.5 Å². The minimum absolute atomic E-state index is 0.0555. The molecule has 0 spiro atoms. The van der Waals surface area contributed by atoms with Gasteiger partial charge in [0.2, 0.25) is 5.91 Å². The molecule has 0 fully saturated rings. The molecule has 0 aliphatic carbocycles. The maximum Gasteiger partial charge on any atom is 0.233 e. The third-order valence-electron chi connectivity index (χ3n) is 1.60. The van der Waals surface area contributed by atoms with Crippen molar-refractivity contribution in [1.29, 1.82) is 0 Å². The summed E-state index contributed by atoms with van der Waals surface area (Å²) in [6.45, 7) is 1.79. The number of thioether (sulfide) groups is 1. The molecule has 0 aliphatic rings. The molecule has 14 heavy (non-hydrogen) atoms. The van der Waals surface area contributed by atoms with Crippen LogP contribution in [0.1, 0.15) is 6.92 Å². The van der Waals surface area contributed by atoms with Crippen LogP contribution in [0.3, 0.4) is 0 Å². The molecule has 0 saturated carbocycles. The van der Waals surface area contributed by atoms with Crippen LogP contribution in [0.25, 0.3) is 0 Å². The summed E-state index contributed by atoms with van der Waals surface area (Å²) in [5.41, 5.74) is 5.58. The zero-order chi connectivity index (χ0) is 10.6. The number of carbonyl (C=O) groups is 1. The van der Waals surface area contributed by atoms with Crippen molar-refractivity contribution < 1.29 is 4.79 Å². The summed E-state index contributed by atoms with van der Waals surface area (Å²) in [6, 6.07) is 0. The molecule has 3 N–H and O–H groups in total. The van der Waals surface area contributed by atoms with Crippen molar-refractivity contribution in [2.75, 3.05) is 12.8 Å². The number of anilines is 1. The molecule has 1 amide bonds. The summed E-state index contributed by atoms with van der Waals surface area (Å²) >= 11 is 1.29. The number of hydrogen-bond acceptors (Lipinski definition) is 5. The summed E-state index contributed by atoms with van der Waals surface area (Å²) in [5.74, 6) is 0.299. The third-order valence-corrected chi connectivity index (χ3v) is 2.70. The van der Waals surface area contributed by atoms with Crippen LogP contribution in [0, 0.1) is 0 Å². The van der Waals surface area contributed by atoms with E-state index in [0.29, 0.717) is 10.8 Å². The first-order valence-corrected chi connectivity index (χ1v) is 4.98. The van der Waals surface area contributed by atoms with Crippen molar-refractivity contribution in [2.24, 2.45) is 0 Å². The Bertz CT molecular complexity index is 331. The van der Waals surface area contributed by atoms with Gasteiger partial charge in [0.25, 0.3) is 0 Å². The van der Waals surface area contributed by atoms with E-state index in [1.54, 1.807) is 20.2 Å². The van der Waals surface area contributed by atoms with E-state index < -0.39 is 0 Å². The molecule has 0 radical (unpaired) electrons. The number of amides is 1. The Hall–Kier alpha value is -1.30. The summed E-state index contributed by atoms with van der Waals surface area (Å²) < 4.78 is 0. The Morgan fingerprint density at radius 2 is 2.21 bits per heavy atom. The molecule has 6 heteroatoms. The number of rotatable bonds is 3. The third kappa shape index (κ3) is 2.59. The van der Waals surface area contributed by atoms with Crippen molar-refractivity contribution in [3.63, 3.8) is 0 Å². The summed E-state index contributed by atoms with van der Waals surface area (Å²) in [6.07, 6.45) is 3.07. The van der Waals surface area contributed by atoms with Gasteiger partial charge in [-0.25, -0.2) is 9.97 Å². The number of nitrogens with one attached hydrogen (secondary N) is 1. The van der Waals surface area contributed by atoms with E-state index in [9.17, 15) is 4.79 Å². The number of carbonyl (C=O) groups excluding carboxylic acids is 1. The van der Waals surface area contributed by atoms with Crippen LogP contribution in [-0.4, -0.2) is 28.2 Å². The Kier molecular flexibility index (Phi) is 3.70. The molecule has 1 rings (SSSR count). The standard InChI is InChI=1S/C8H12N4OS/c1-5(7(13)10-2)14-8-6(9)11-3-4-12-8/h3-5H,1-2H3,(H2,9,11)(H,10,13). The molecule has 0 aliphatic heterocycles. The maximum absolute atomic E-state index is 11.2. The van der Waals surface area contributed by atoms with E-state index >= 15 is 0 Å². The average Bonchev–Trinajstić information content (AvgIpc) is 2.20. The highest BCUT2D eigenvalue weighted by Crippen LogP contribution is 2.24. The van der Waals surface area contributed by atoms with Crippen LogP contribution >= 0.6 is 11.8 Å². The van der Waals surface area contributed by atoms with Gasteiger partial charge in [-0.2, -0.15) is 0 Å². The highest BCUT2D eigenvalue weighted by atomic mass is 32.2. The fraction of sp³-hybridized carbons (Fsp3) is 0.375. The number of nitrogens with two attached hydrogens (primary N) is 1. The molecule has 5 nitrogen and oxygen atoms in total. The second-order valence-electron chi connectivity index (χ2n) is 2.62. The lowest BCUT2D eigenvalue weighted by atomic mass is 10.4. The van der Waals surface area contributed by atoms with Crippen molar-refractivity contribution in [3.8, 4) is 0 Å². The van der Waals surface area contributed by atoms with Crippen LogP contribution in [0.4, 0.5) is 5.82 Å². The SMILES string of the molecule is CNC(=O)C(C)Sc1nccnc1N. The zero-order valence-electron chi connectivity index (χ0n) is 8.02. The first kappa shape index (κ1) is 10.8. The fourth-order valence-electron chi connectivity index (χ4n) is 0.851. The summed E-state index contributed by atoms with van der Waals surface area (Å²) in [7, 11) is 1.60. The van der Waals surface area contributed by atoms with Crippen molar-refractivity contribution in [2.45, 2.75) is 17.2 Å². The van der Waals surface area contributed by atoms with Gasteiger partial charge in [-0.1, -0.05) is 11.8 Å². The van der Waals surface area contributed by atoms with Gasteiger partial charge in [0.05, 0.1) is 5.25 Å². The second-order valence-corrected chi connectivity index (χ2v) is 3.95. The smallest absolute Gasteiger partial charge is 0.233 e. The van der Waals surface area contributed by atoms with Gasteiger partial charge in [-0.05, 0) is 6.92 Å². The zero-order valence-corrected chi connectivity index (χ0v) is 8.84. The van der Waals surface area contributed by atoms with E-state index in [1.807, 2.05) is 0 Å². The van der Waals surface area contributed by atoms with E-state index in [-0.39, 0.29) is 11.2 Å². The van der Waals surface area contributed by atoms with Crippen LogP contribution in [0.15, 0.2) is 17.4 Å². The van der Waals surface area contributed by atoms with Crippen molar-refractivity contribution in [3.05, 3.63) is 12.4 Å². The Labute approximate surface area is 86.5 Å². The highest BCUT2D eigenvalue weighted by molar-refractivity contribution is 8.00.